The van der Waals surface area contributed by atoms with Gasteiger partial charge in [0.15, 0.2) is 0 Å². The van der Waals surface area contributed by atoms with Crippen molar-refractivity contribution in [3.8, 4) is 11.1 Å². The minimum Gasteiger partial charge on any atom is -0.369 e. The molecule has 1 aliphatic heterocycles. The van der Waals surface area contributed by atoms with Crippen molar-refractivity contribution in [2.45, 2.75) is 26.8 Å². The minimum absolute atomic E-state index is 0.616. The second kappa shape index (κ2) is 8.83. The van der Waals surface area contributed by atoms with Crippen LogP contribution < -0.4 is 10.2 Å². The summed E-state index contributed by atoms with van der Waals surface area (Å²) in [6.45, 7) is 11.0. The number of aryl methyl sites for hydroxylation is 2. The largest absolute Gasteiger partial charge is 0.369 e. The molecule has 170 valence electrons. The maximum absolute atomic E-state index is 4.78. The Balaban J connectivity index is 1.45. The lowest BCUT2D eigenvalue weighted by Gasteiger charge is -2.38. The van der Waals surface area contributed by atoms with E-state index in [0.717, 1.165) is 54.3 Å². The third kappa shape index (κ3) is 4.28. The highest BCUT2D eigenvalue weighted by Gasteiger charge is 2.19. The quantitative estimate of drug-likeness (QED) is 0.488. The summed E-state index contributed by atoms with van der Waals surface area (Å²) in [6, 6.07) is 13.9. The molecular weight excluding hydrogens is 410 g/mol. The summed E-state index contributed by atoms with van der Waals surface area (Å²) in [5.74, 6) is 1.68. The Hall–Kier alpha value is -3.45. The molecule has 1 saturated heterocycles. The molecular formula is C26H31N7. The highest BCUT2D eigenvalue weighted by Crippen LogP contribution is 2.33. The van der Waals surface area contributed by atoms with Gasteiger partial charge in [-0.2, -0.15) is 0 Å². The molecule has 0 unspecified atom stereocenters. The lowest BCUT2D eigenvalue weighted by Crippen LogP contribution is -2.48. The van der Waals surface area contributed by atoms with Gasteiger partial charge in [0, 0.05) is 57.3 Å². The number of aromatic nitrogens is 4. The Morgan fingerprint density at radius 2 is 1.70 bits per heavy atom. The predicted molar refractivity (Wildman–Crippen MR) is 135 cm³/mol. The molecule has 5 rings (SSSR count). The van der Waals surface area contributed by atoms with Crippen molar-refractivity contribution < 1.29 is 0 Å². The first kappa shape index (κ1) is 21.4. The molecule has 0 bridgehead atoms. The summed E-state index contributed by atoms with van der Waals surface area (Å²) in [5, 5.41) is 3.41. The van der Waals surface area contributed by atoms with E-state index in [1.54, 1.807) is 18.6 Å². The van der Waals surface area contributed by atoms with E-state index in [4.69, 9.17) is 4.98 Å². The van der Waals surface area contributed by atoms with Crippen molar-refractivity contribution in [3.05, 3.63) is 60.8 Å². The zero-order chi connectivity index (χ0) is 22.9. The molecule has 7 heteroatoms. The number of anilines is 3. The first-order chi connectivity index (χ1) is 16.0. The van der Waals surface area contributed by atoms with Gasteiger partial charge in [0.1, 0.15) is 17.2 Å². The number of hydrogen-bond acceptors (Lipinski definition) is 6. The second-order valence-corrected chi connectivity index (χ2v) is 8.99. The van der Waals surface area contributed by atoms with Crippen molar-refractivity contribution in [3.63, 3.8) is 0 Å². The first-order valence-corrected chi connectivity index (χ1v) is 11.6. The molecule has 1 N–H and O–H groups in total. The number of hydrogen-bond donors (Lipinski definition) is 1. The smallest absolute Gasteiger partial charge is 0.148 e. The zero-order valence-electron chi connectivity index (χ0n) is 19.8. The highest BCUT2D eigenvalue weighted by molar-refractivity contribution is 5.95. The molecule has 33 heavy (non-hydrogen) atoms. The van der Waals surface area contributed by atoms with Crippen LogP contribution in [0, 0.1) is 6.92 Å². The van der Waals surface area contributed by atoms with Gasteiger partial charge in [-0.3, -0.25) is 9.88 Å². The van der Waals surface area contributed by atoms with E-state index in [-0.39, 0.29) is 0 Å². The van der Waals surface area contributed by atoms with Crippen LogP contribution in [0.3, 0.4) is 0 Å². The Morgan fingerprint density at radius 1 is 0.939 bits per heavy atom. The molecule has 2 aromatic carbocycles. The second-order valence-electron chi connectivity index (χ2n) is 8.99. The van der Waals surface area contributed by atoms with Crippen molar-refractivity contribution in [2.24, 2.45) is 7.05 Å². The molecule has 2 aromatic heterocycles. The molecule has 0 saturated carbocycles. The number of imidazole rings is 1. The molecule has 0 amide bonds. The van der Waals surface area contributed by atoms with Gasteiger partial charge in [-0.1, -0.05) is 12.1 Å². The van der Waals surface area contributed by atoms with Crippen LogP contribution in [-0.2, 0) is 7.05 Å². The Kier molecular flexibility index (Phi) is 5.72. The molecule has 0 spiro atoms. The molecule has 1 fully saturated rings. The van der Waals surface area contributed by atoms with Gasteiger partial charge in [0.2, 0.25) is 0 Å². The minimum atomic E-state index is 0.616. The standard InChI is InChI=1S/C26H31N7/c1-18(2)32-11-13-33(14-12-32)22-7-5-20(6-8-22)21-15-23(30-25-17-27-9-10-28-25)26-24(16-21)31(4)19(3)29-26/h5-10,15-18H,11-14H2,1-4H3,(H,28,30). The number of fused-ring (bicyclic) bond motifs is 1. The molecule has 3 heterocycles. The monoisotopic (exact) mass is 441 g/mol. The summed E-state index contributed by atoms with van der Waals surface area (Å²) >= 11 is 0. The van der Waals surface area contributed by atoms with E-state index >= 15 is 0 Å². The zero-order valence-corrected chi connectivity index (χ0v) is 19.8. The number of rotatable bonds is 5. The van der Waals surface area contributed by atoms with Crippen LogP contribution >= 0.6 is 0 Å². The molecule has 0 aliphatic carbocycles. The number of nitrogens with zero attached hydrogens (tertiary/aromatic N) is 6. The Morgan fingerprint density at radius 3 is 2.36 bits per heavy atom. The van der Waals surface area contributed by atoms with E-state index in [0.29, 0.717) is 11.9 Å². The molecule has 7 nitrogen and oxygen atoms in total. The van der Waals surface area contributed by atoms with E-state index in [1.165, 1.54) is 11.3 Å². The van der Waals surface area contributed by atoms with Gasteiger partial charge in [-0.25, -0.2) is 9.97 Å². The van der Waals surface area contributed by atoms with Crippen LogP contribution in [0.1, 0.15) is 19.7 Å². The fourth-order valence-electron chi connectivity index (χ4n) is 4.53. The highest BCUT2D eigenvalue weighted by atomic mass is 15.3. The summed E-state index contributed by atoms with van der Waals surface area (Å²) in [6.07, 6.45) is 5.08. The van der Waals surface area contributed by atoms with Crippen LogP contribution in [0.25, 0.3) is 22.2 Å². The maximum atomic E-state index is 4.78. The van der Waals surface area contributed by atoms with Gasteiger partial charge >= 0.3 is 0 Å². The van der Waals surface area contributed by atoms with Gasteiger partial charge < -0.3 is 14.8 Å². The molecule has 1 aliphatic rings. The third-order valence-electron chi connectivity index (χ3n) is 6.65. The van der Waals surface area contributed by atoms with Gasteiger partial charge in [-0.05, 0) is 56.2 Å². The summed E-state index contributed by atoms with van der Waals surface area (Å²) in [5.41, 5.74) is 6.57. The SMILES string of the molecule is Cc1nc2c(Nc3cnccn3)cc(-c3ccc(N4CCN(C(C)C)CC4)cc3)cc2n1C. The summed E-state index contributed by atoms with van der Waals surface area (Å²) in [4.78, 5) is 18.4. The van der Waals surface area contributed by atoms with Crippen molar-refractivity contribution in [2.75, 3.05) is 36.4 Å². The fraction of sp³-hybridized carbons (Fsp3) is 0.346. The number of benzene rings is 2. The normalized spacial score (nSPS) is 14.9. The van der Waals surface area contributed by atoms with Crippen molar-refractivity contribution in [1.29, 1.82) is 0 Å². The van der Waals surface area contributed by atoms with Gasteiger partial charge in [0.25, 0.3) is 0 Å². The Labute approximate surface area is 195 Å². The third-order valence-corrected chi connectivity index (χ3v) is 6.65. The summed E-state index contributed by atoms with van der Waals surface area (Å²) < 4.78 is 2.13. The van der Waals surface area contributed by atoms with Crippen LogP contribution in [0.5, 0.6) is 0 Å². The van der Waals surface area contributed by atoms with Gasteiger partial charge in [-0.15, -0.1) is 0 Å². The van der Waals surface area contributed by atoms with Gasteiger partial charge in [0.05, 0.1) is 17.4 Å². The van der Waals surface area contributed by atoms with Crippen molar-refractivity contribution in [1.82, 2.24) is 24.4 Å². The van der Waals surface area contributed by atoms with Crippen LogP contribution in [0.4, 0.5) is 17.2 Å². The predicted octanol–water partition coefficient (Wildman–Crippen LogP) is 4.61. The van der Waals surface area contributed by atoms with Crippen LogP contribution in [0.15, 0.2) is 55.0 Å². The van der Waals surface area contributed by atoms with Crippen LogP contribution in [0.2, 0.25) is 0 Å². The van der Waals surface area contributed by atoms with Crippen molar-refractivity contribution >= 4 is 28.2 Å². The summed E-state index contributed by atoms with van der Waals surface area (Å²) in [7, 11) is 2.06. The maximum Gasteiger partial charge on any atom is 0.148 e. The molecule has 0 atom stereocenters. The lowest BCUT2D eigenvalue weighted by atomic mass is 10.0. The average molecular weight is 442 g/mol. The van der Waals surface area contributed by atoms with E-state index < -0.39 is 0 Å². The fourth-order valence-corrected chi connectivity index (χ4v) is 4.53. The average Bonchev–Trinajstić information content (AvgIpc) is 3.14. The molecule has 0 radical (unpaired) electrons. The first-order valence-electron chi connectivity index (χ1n) is 11.6. The lowest BCUT2D eigenvalue weighted by molar-refractivity contribution is 0.209. The van der Waals surface area contributed by atoms with E-state index in [2.05, 4.69) is 86.9 Å². The topological polar surface area (TPSA) is 62.1 Å². The Bertz CT molecular complexity index is 1240. The number of piperazine rings is 1. The number of nitrogens with one attached hydrogen (secondary N) is 1. The molecule has 4 aromatic rings. The van der Waals surface area contributed by atoms with E-state index in [9.17, 15) is 0 Å². The van der Waals surface area contributed by atoms with Crippen LogP contribution in [-0.4, -0.2) is 56.6 Å². The van der Waals surface area contributed by atoms with E-state index in [1.807, 2.05) is 6.92 Å².